The van der Waals surface area contributed by atoms with Crippen molar-refractivity contribution < 1.29 is 4.70 Å². The largest absolute Gasteiger partial charge is 0.493 e. The van der Waals surface area contributed by atoms with Crippen molar-refractivity contribution in [2.45, 2.75) is 201 Å². The standard InChI is InChI=1S/C49H74N2/c1-4-7-10-11-12-13-14-15-16-17-18-19-20-21-22-23-24-25-26-27-28-30-36-44-37-31-32-40-47(44)48-42-46(38-29-8-5-2)49(51(48)50)45-39-33-35-43(41-45)34-9-6-3/h31-33,35,37,39-42H,4-26,29-30,34,36,38H2,1-3H3. The lowest BCUT2D eigenvalue weighted by molar-refractivity contribution is -0.344. The highest BCUT2D eigenvalue weighted by Crippen LogP contribution is 2.39. The monoisotopic (exact) mass is 691 g/mol. The molecule has 0 saturated heterocycles. The SMILES string of the molecule is CCCCCCCCCCCCCCCCCCCCC#CCCc1ccccc1C1=CC(CCCCC)=C(c2cccc(CCCC)c2)[N+]1=[N-]. The van der Waals surface area contributed by atoms with Gasteiger partial charge in [0, 0.05) is 35.6 Å². The summed E-state index contributed by atoms with van der Waals surface area (Å²) >= 11 is 0. The molecule has 2 heteroatoms. The summed E-state index contributed by atoms with van der Waals surface area (Å²) in [7, 11) is 0. The molecule has 0 amide bonds. The highest BCUT2D eigenvalue weighted by Gasteiger charge is 2.29. The van der Waals surface area contributed by atoms with E-state index in [0.717, 1.165) is 61.0 Å². The van der Waals surface area contributed by atoms with E-state index in [-0.39, 0.29) is 0 Å². The molecule has 2 aromatic carbocycles. The Morgan fingerprint density at radius 3 is 1.69 bits per heavy atom. The maximum Gasteiger partial charge on any atom is 0.210 e. The topological polar surface area (TPSA) is 25.3 Å². The molecule has 2 aromatic rings. The van der Waals surface area contributed by atoms with Crippen LogP contribution in [0.25, 0.3) is 16.9 Å². The zero-order valence-electron chi connectivity index (χ0n) is 33.4. The van der Waals surface area contributed by atoms with Crippen molar-refractivity contribution in [2.75, 3.05) is 0 Å². The van der Waals surface area contributed by atoms with E-state index in [9.17, 15) is 5.53 Å². The Kier molecular flexibility index (Phi) is 23.1. The van der Waals surface area contributed by atoms with E-state index in [1.807, 2.05) is 0 Å². The van der Waals surface area contributed by atoms with Crippen LogP contribution < -0.4 is 0 Å². The molecule has 0 radical (unpaired) electrons. The van der Waals surface area contributed by atoms with Gasteiger partial charge in [0.25, 0.3) is 0 Å². The number of unbranched alkanes of at least 4 members (excludes halogenated alkanes) is 21. The second-order valence-electron chi connectivity index (χ2n) is 15.2. The Morgan fingerprint density at radius 2 is 1.06 bits per heavy atom. The maximum absolute atomic E-state index is 11.7. The van der Waals surface area contributed by atoms with Crippen LogP contribution in [-0.4, -0.2) is 4.70 Å². The van der Waals surface area contributed by atoms with Crippen LogP contribution in [0.3, 0.4) is 0 Å². The zero-order valence-corrected chi connectivity index (χ0v) is 33.4. The van der Waals surface area contributed by atoms with Gasteiger partial charge in [-0.25, -0.2) is 4.70 Å². The average molecular weight is 691 g/mol. The Hall–Kier alpha value is -2.92. The number of aryl methyl sites for hydroxylation is 2. The molecule has 51 heavy (non-hydrogen) atoms. The molecule has 1 aliphatic rings. The fraction of sp³-hybridized carbons (Fsp3) is 0.633. The molecule has 1 heterocycles. The Morgan fingerprint density at radius 1 is 0.510 bits per heavy atom. The summed E-state index contributed by atoms with van der Waals surface area (Å²) in [5, 5.41) is 0. The molecule has 0 aromatic heterocycles. The first-order valence-electron chi connectivity index (χ1n) is 21.8. The summed E-state index contributed by atoms with van der Waals surface area (Å²) in [6.45, 7) is 6.79. The summed E-state index contributed by atoms with van der Waals surface area (Å²) in [6, 6.07) is 17.4. The molecule has 0 atom stereocenters. The maximum atomic E-state index is 11.7. The summed E-state index contributed by atoms with van der Waals surface area (Å²) in [5.74, 6) is 6.92. The van der Waals surface area contributed by atoms with Crippen molar-refractivity contribution in [1.29, 1.82) is 0 Å². The summed E-state index contributed by atoms with van der Waals surface area (Å²) in [6.07, 6.45) is 38.4. The van der Waals surface area contributed by atoms with Crippen LogP contribution >= 0.6 is 0 Å². The number of nitrogens with zero attached hydrogens (tertiary/aromatic N) is 2. The van der Waals surface area contributed by atoms with Crippen LogP contribution in [0.15, 0.2) is 60.2 Å². The predicted octanol–water partition coefficient (Wildman–Crippen LogP) is 15.8. The van der Waals surface area contributed by atoms with Gasteiger partial charge in [-0.1, -0.05) is 180 Å². The number of hydrogen-bond donors (Lipinski definition) is 0. The lowest BCUT2D eigenvalue weighted by Crippen LogP contribution is -2.05. The van der Waals surface area contributed by atoms with Crippen LogP contribution in [0, 0.1) is 11.8 Å². The van der Waals surface area contributed by atoms with E-state index in [4.69, 9.17) is 0 Å². The third-order valence-corrected chi connectivity index (χ3v) is 10.7. The second-order valence-corrected chi connectivity index (χ2v) is 15.2. The first-order chi connectivity index (χ1) is 25.2. The minimum atomic E-state index is 0.859. The highest BCUT2D eigenvalue weighted by atomic mass is 15.2. The molecular formula is C49H74N2. The van der Waals surface area contributed by atoms with Crippen molar-refractivity contribution in [3.8, 4) is 11.8 Å². The van der Waals surface area contributed by atoms with E-state index < -0.39 is 0 Å². The number of benzene rings is 2. The lowest BCUT2D eigenvalue weighted by atomic mass is 9.98. The lowest BCUT2D eigenvalue weighted by Gasteiger charge is -2.13. The Balaban J connectivity index is 1.34. The van der Waals surface area contributed by atoms with Crippen molar-refractivity contribution in [3.63, 3.8) is 0 Å². The van der Waals surface area contributed by atoms with Crippen molar-refractivity contribution in [2.24, 2.45) is 0 Å². The summed E-state index contributed by atoms with van der Waals surface area (Å²) in [4.78, 5) is 0. The molecule has 0 unspecified atom stereocenters. The Labute approximate surface area is 315 Å². The zero-order chi connectivity index (χ0) is 36.2. The van der Waals surface area contributed by atoms with Gasteiger partial charge in [-0.05, 0) is 67.9 Å². The van der Waals surface area contributed by atoms with E-state index in [0.29, 0.717) is 0 Å². The van der Waals surface area contributed by atoms with Crippen LogP contribution in [0.1, 0.15) is 210 Å². The third-order valence-electron chi connectivity index (χ3n) is 10.7. The predicted molar refractivity (Wildman–Crippen MR) is 224 cm³/mol. The van der Waals surface area contributed by atoms with Gasteiger partial charge in [-0.2, -0.15) is 0 Å². The molecular weight excluding hydrogens is 617 g/mol. The summed E-state index contributed by atoms with van der Waals surface area (Å²) in [5.41, 5.74) is 19.7. The second kappa shape index (κ2) is 27.7. The van der Waals surface area contributed by atoms with Crippen LogP contribution in [0.5, 0.6) is 0 Å². The third kappa shape index (κ3) is 17.0. The highest BCUT2D eigenvalue weighted by molar-refractivity contribution is 5.79. The molecule has 0 spiro atoms. The molecule has 3 rings (SSSR count). The van der Waals surface area contributed by atoms with Gasteiger partial charge in [0.2, 0.25) is 11.4 Å². The molecule has 280 valence electrons. The normalized spacial score (nSPS) is 12.8. The van der Waals surface area contributed by atoms with Crippen molar-refractivity contribution >= 4 is 11.4 Å². The number of rotatable bonds is 29. The first-order valence-corrected chi connectivity index (χ1v) is 21.8. The van der Waals surface area contributed by atoms with Crippen molar-refractivity contribution in [3.05, 3.63) is 88.0 Å². The minimum Gasteiger partial charge on any atom is -0.493 e. The van der Waals surface area contributed by atoms with Crippen LogP contribution in [0.4, 0.5) is 0 Å². The van der Waals surface area contributed by atoms with Crippen LogP contribution in [0.2, 0.25) is 0 Å². The van der Waals surface area contributed by atoms with Gasteiger partial charge in [0.05, 0.1) is 0 Å². The van der Waals surface area contributed by atoms with Gasteiger partial charge in [0.1, 0.15) is 0 Å². The summed E-state index contributed by atoms with van der Waals surface area (Å²) < 4.78 is 1.48. The van der Waals surface area contributed by atoms with E-state index in [1.54, 1.807) is 0 Å². The van der Waals surface area contributed by atoms with Gasteiger partial charge in [0.15, 0.2) is 0 Å². The van der Waals surface area contributed by atoms with E-state index in [2.05, 4.69) is 87.2 Å². The fourth-order valence-corrected chi connectivity index (χ4v) is 7.54. The molecule has 0 bridgehead atoms. The number of allylic oxidation sites excluding steroid dienone is 2. The smallest absolute Gasteiger partial charge is 0.210 e. The van der Waals surface area contributed by atoms with E-state index in [1.165, 1.54) is 163 Å². The van der Waals surface area contributed by atoms with Crippen LogP contribution in [-0.2, 0) is 12.8 Å². The average Bonchev–Trinajstić information content (AvgIpc) is 3.48. The fourth-order valence-electron chi connectivity index (χ4n) is 7.54. The number of hydrogen-bond acceptors (Lipinski definition) is 0. The van der Waals surface area contributed by atoms with E-state index >= 15 is 0 Å². The van der Waals surface area contributed by atoms with Gasteiger partial charge < -0.3 is 5.53 Å². The molecule has 0 aliphatic carbocycles. The molecule has 2 nitrogen and oxygen atoms in total. The van der Waals surface area contributed by atoms with Gasteiger partial charge >= 0.3 is 0 Å². The van der Waals surface area contributed by atoms with Crippen molar-refractivity contribution in [1.82, 2.24) is 0 Å². The minimum absolute atomic E-state index is 0.859. The van der Waals surface area contributed by atoms with Gasteiger partial charge in [-0.3, -0.25) is 0 Å². The molecule has 1 aliphatic heterocycles. The molecule has 0 N–H and O–H groups in total. The Bertz CT molecular complexity index is 1370. The first kappa shape index (κ1) is 42.5. The quantitative estimate of drug-likeness (QED) is 0.0461. The molecule has 0 saturated carbocycles. The van der Waals surface area contributed by atoms with Gasteiger partial charge in [-0.15, -0.1) is 11.8 Å². The molecule has 0 fully saturated rings.